The fourth-order valence-electron chi connectivity index (χ4n) is 1.33. The van der Waals surface area contributed by atoms with Crippen molar-refractivity contribution in [1.82, 2.24) is 0 Å². The number of phenolic OH excluding ortho intramolecular Hbond substituents is 1. The third kappa shape index (κ3) is 1.25. The maximum Gasteiger partial charge on any atom is 0.161 e. The monoisotopic (exact) mass is 194 g/mol. The molecule has 0 aliphatic rings. The van der Waals surface area contributed by atoms with Crippen LogP contribution in [0.4, 0.5) is 0 Å². The Bertz CT molecular complexity index is 445. The van der Waals surface area contributed by atoms with Crippen LogP contribution in [0, 0.1) is 6.92 Å². The molecule has 2 aromatic rings. The Balaban J connectivity index is 2.76. The molecule has 0 saturated heterocycles. The van der Waals surface area contributed by atoms with Crippen molar-refractivity contribution in [2.45, 2.75) is 6.92 Å². The molecule has 68 valence electrons. The summed E-state index contributed by atoms with van der Waals surface area (Å²) in [7, 11) is 1.56. The molecule has 0 bridgehead atoms. The van der Waals surface area contributed by atoms with E-state index in [4.69, 9.17) is 4.74 Å². The second-order valence-corrected chi connectivity index (χ2v) is 3.85. The fourth-order valence-corrected chi connectivity index (χ4v) is 2.29. The van der Waals surface area contributed by atoms with Gasteiger partial charge < -0.3 is 9.84 Å². The maximum atomic E-state index is 9.53. The van der Waals surface area contributed by atoms with Crippen molar-refractivity contribution >= 4 is 21.4 Å². The van der Waals surface area contributed by atoms with Crippen LogP contribution in [0.25, 0.3) is 10.1 Å². The second kappa shape index (κ2) is 2.92. The van der Waals surface area contributed by atoms with Crippen LogP contribution in [0.2, 0.25) is 0 Å². The van der Waals surface area contributed by atoms with Gasteiger partial charge in [-0.3, -0.25) is 0 Å². The van der Waals surface area contributed by atoms with Gasteiger partial charge >= 0.3 is 0 Å². The summed E-state index contributed by atoms with van der Waals surface area (Å²) in [6, 6.07) is 3.61. The predicted octanol–water partition coefficient (Wildman–Crippen LogP) is 2.92. The molecule has 0 spiro atoms. The summed E-state index contributed by atoms with van der Waals surface area (Å²) in [5.74, 6) is 0.742. The summed E-state index contributed by atoms with van der Waals surface area (Å²) in [6.07, 6.45) is 0. The normalized spacial score (nSPS) is 10.6. The molecule has 1 N–H and O–H groups in total. The van der Waals surface area contributed by atoms with Crippen LogP contribution in [0.1, 0.15) is 5.56 Å². The van der Waals surface area contributed by atoms with Crippen molar-refractivity contribution < 1.29 is 9.84 Å². The fraction of sp³-hybridized carbons (Fsp3) is 0.200. The highest BCUT2D eigenvalue weighted by molar-refractivity contribution is 7.17. The van der Waals surface area contributed by atoms with E-state index in [1.807, 2.05) is 13.0 Å². The number of ether oxygens (including phenoxy) is 1. The Morgan fingerprint density at radius 3 is 2.85 bits per heavy atom. The Morgan fingerprint density at radius 1 is 1.38 bits per heavy atom. The SMILES string of the molecule is COc1cc2scc(C)c2cc1O. The van der Waals surface area contributed by atoms with Crippen LogP contribution in [0.5, 0.6) is 11.5 Å². The number of hydrogen-bond donors (Lipinski definition) is 1. The summed E-state index contributed by atoms with van der Waals surface area (Å²) in [4.78, 5) is 0. The molecule has 0 fully saturated rings. The summed E-state index contributed by atoms with van der Waals surface area (Å²) < 4.78 is 6.16. The second-order valence-electron chi connectivity index (χ2n) is 2.94. The van der Waals surface area contributed by atoms with Crippen LogP contribution in [0.3, 0.4) is 0 Å². The first-order valence-electron chi connectivity index (χ1n) is 3.97. The lowest BCUT2D eigenvalue weighted by atomic mass is 10.2. The number of phenols is 1. The van der Waals surface area contributed by atoms with Crippen molar-refractivity contribution in [3.8, 4) is 11.5 Å². The van der Waals surface area contributed by atoms with Gasteiger partial charge in [0.1, 0.15) is 0 Å². The smallest absolute Gasteiger partial charge is 0.161 e. The minimum absolute atomic E-state index is 0.205. The molecule has 2 nitrogen and oxygen atoms in total. The number of fused-ring (bicyclic) bond motifs is 1. The molecule has 0 radical (unpaired) electrons. The summed E-state index contributed by atoms with van der Waals surface area (Å²) in [5, 5.41) is 12.7. The van der Waals surface area contributed by atoms with E-state index >= 15 is 0 Å². The Hall–Kier alpha value is -1.22. The van der Waals surface area contributed by atoms with Crippen LogP contribution >= 0.6 is 11.3 Å². The number of methoxy groups -OCH3 is 1. The molecule has 2 rings (SSSR count). The first-order valence-corrected chi connectivity index (χ1v) is 4.85. The molecule has 0 unspecified atom stereocenters. The Kier molecular flexibility index (Phi) is 1.88. The number of benzene rings is 1. The average molecular weight is 194 g/mol. The van der Waals surface area contributed by atoms with E-state index < -0.39 is 0 Å². The van der Waals surface area contributed by atoms with Gasteiger partial charge in [0.2, 0.25) is 0 Å². The average Bonchev–Trinajstić information content (AvgIpc) is 2.47. The molecular formula is C10H10O2S. The van der Waals surface area contributed by atoms with Crippen molar-refractivity contribution in [1.29, 1.82) is 0 Å². The number of hydrogen-bond acceptors (Lipinski definition) is 3. The van der Waals surface area contributed by atoms with Gasteiger partial charge in [-0.25, -0.2) is 0 Å². The lowest BCUT2D eigenvalue weighted by Gasteiger charge is -2.02. The van der Waals surface area contributed by atoms with Gasteiger partial charge in [-0.15, -0.1) is 11.3 Å². The highest BCUT2D eigenvalue weighted by atomic mass is 32.1. The van der Waals surface area contributed by atoms with E-state index in [0.29, 0.717) is 5.75 Å². The largest absolute Gasteiger partial charge is 0.504 e. The lowest BCUT2D eigenvalue weighted by Crippen LogP contribution is -1.82. The van der Waals surface area contributed by atoms with E-state index in [1.165, 1.54) is 5.56 Å². The first kappa shape index (κ1) is 8.38. The van der Waals surface area contributed by atoms with E-state index in [1.54, 1.807) is 24.5 Å². The van der Waals surface area contributed by atoms with Gasteiger partial charge in [0, 0.05) is 10.8 Å². The van der Waals surface area contributed by atoms with Crippen LogP contribution in [-0.2, 0) is 0 Å². The van der Waals surface area contributed by atoms with Crippen molar-refractivity contribution in [3.63, 3.8) is 0 Å². The van der Waals surface area contributed by atoms with E-state index in [-0.39, 0.29) is 5.75 Å². The van der Waals surface area contributed by atoms with Crippen molar-refractivity contribution in [2.24, 2.45) is 0 Å². The first-order chi connectivity index (χ1) is 6.22. The molecule has 3 heteroatoms. The predicted molar refractivity (Wildman–Crippen MR) is 54.8 cm³/mol. The third-order valence-corrected chi connectivity index (χ3v) is 3.13. The molecule has 0 aliphatic heterocycles. The summed E-state index contributed by atoms with van der Waals surface area (Å²) in [6.45, 7) is 2.03. The number of rotatable bonds is 1. The Labute approximate surface area is 80.4 Å². The summed E-state index contributed by atoms with van der Waals surface area (Å²) >= 11 is 1.66. The van der Waals surface area contributed by atoms with Gasteiger partial charge in [-0.2, -0.15) is 0 Å². The third-order valence-electron chi connectivity index (χ3n) is 2.07. The highest BCUT2D eigenvalue weighted by Crippen LogP contribution is 2.35. The van der Waals surface area contributed by atoms with Crippen molar-refractivity contribution in [3.05, 3.63) is 23.1 Å². The topological polar surface area (TPSA) is 29.5 Å². The van der Waals surface area contributed by atoms with Gasteiger partial charge in [-0.05, 0) is 29.3 Å². The number of aromatic hydroxyl groups is 1. The minimum Gasteiger partial charge on any atom is -0.504 e. The molecule has 1 aromatic heterocycles. The van der Waals surface area contributed by atoms with Crippen LogP contribution in [0.15, 0.2) is 17.5 Å². The molecule has 1 aromatic carbocycles. The van der Waals surface area contributed by atoms with E-state index in [0.717, 1.165) is 10.1 Å². The number of aryl methyl sites for hydroxylation is 1. The van der Waals surface area contributed by atoms with Crippen LogP contribution in [-0.4, -0.2) is 12.2 Å². The van der Waals surface area contributed by atoms with E-state index in [2.05, 4.69) is 5.38 Å². The quantitative estimate of drug-likeness (QED) is 0.756. The summed E-state index contributed by atoms with van der Waals surface area (Å²) in [5.41, 5.74) is 1.19. The molecule has 0 atom stereocenters. The lowest BCUT2D eigenvalue weighted by molar-refractivity contribution is 0.374. The molecular weight excluding hydrogens is 184 g/mol. The zero-order chi connectivity index (χ0) is 9.42. The van der Waals surface area contributed by atoms with E-state index in [9.17, 15) is 5.11 Å². The van der Waals surface area contributed by atoms with Crippen LogP contribution < -0.4 is 4.74 Å². The zero-order valence-electron chi connectivity index (χ0n) is 7.50. The highest BCUT2D eigenvalue weighted by Gasteiger charge is 2.06. The Morgan fingerprint density at radius 2 is 2.15 bits per heavy atom. The van der Waals surface area contributed by atoms with Gasteiger partial charge in [0.25, 0.3) is 0 Å². The van der Waals surface area contributed by atoms with Crippen molar-refractivity contribution in [2.75, 3.05) is 7.11 Å². The molecule has 0 amide bonds. The minimum atomic E-state index is 0.205. The molecule has 13 heavy (non-hydrogen) atoms. The zero-order valence-corrected chi connectivity index (χ0v) is 8.31. The standard InChI is InChI=1S/C10H10O2S/c1-6-5-13-10-4-9(12-2)8(11)3-7(6)10/h3-5,11H,1-2H3. The molecule has 0 aliphatic carbocycles. The van der Waals surface area contributed by atoms with Gasteiger partial charge in [0.05, 0.1) is 7.11 Å². The molecule has 0 saturated carbocycles. The maximum absolute atomic E-state index is 9.53. The van der Waals surface area contributed by atoms with Gasteiger partial charge in [0.15, 0.2) is 11.5 Å². The molecule has 1 heterocycles. The van der Waals surface area contributed by atoms with Gasteiger partial charge in [-0.1, -0.05) is 0 Å². The number of thiophene rings is 1.